The van der Waals surface area contributed by atoms with Crippen LogP contribution in [0.15, 0.2) is 297 Å². The van der Waals surface area contributed by atoms with Crippen LogP contribution in [0.4, 0.5) is 22.7 Å². The first-order valence-electron chi connectivity index (χ1n) is 28.5. The van der Waals surface area contributed by atoms with Crippen LogP contribution in [0, 0.1) is 18.8 Å². The van der Waals surface area contributed by atoms with Crippen molar-refractivity contribution in [3.63, 3.8) is 0 Å². The van der Waals surface area contributed by atoms with Crippen LogP contribution in [-0.4, -0.2) is 16.3 Å². The Bertz CT molecular complexity index is 4530. The molecular formula is C78H50BN4OPt-3. The minimum absolute atomic E-state index is 0. The van der Waals surface area contributed by atoms with Gasteiger partial charge in [-0.15, -0.1) is 47.5 Å². The Morgan fingerprint density at radius 1 is 0.376 bits per heavy atom. The van der Waals surface area contributed by atoms with Crippen molar-refractivity contribution >= 4 is 67.7 Å². The second-order valence-electron chi connectivity index (χ2n) is 21.5. The maximum Gasteiger partial charge on any atom is 0.180 e. The standard InChI is InChI=1S/C78H50BN4O.Pt/c1-6-22-53(23-7-1)57-44-58(54-24-8-2-9-25-54)47-61(46-57)66-33-20-34-67(62-48-59(55-26-10-3-11-27-55)45-60(49-62)56-28-12-4-13-29-56)77(66)81-52-82-75-51-65(40-42-70(75)79(63-30-14-5-15-31-63)71-35-21-37-73(81)78(71)82)84-64-39-41-69-68-32-16-17-36-72(68)83(74(69)50-64)76-38-18-19-43-80-76;/h1-49,52H;/q-3;. The zero-order chi connectivity index (χ0) is 55.5. The van der Waals surface area contributed by atoms with Gasteiger partial charge in [0.25, 0.3) is 0 Å². The summed E-state index contributed by atoms with van der Waals surface area (Å²) >= 11 is 0. The molecule has 16 rings (SSSR count). The summed E-state index contributed by atoms with van der Waals surface area (Å²) in [4.78, 5) is 9.57. The van der Waals surface area contributed by atoms with Gasteiger partial charge in [-0.25, -0.2) is 4.98 Å². The average Bonchev–Trinajstić information content (AvgIpc) is 1.70. The van der Waals surface area contributed by atoms with Gasteiger partial charge in [0, 0.05) is 72.5 Å². The molecule has 7 heteroatoms. The van der Waals surface area contributed by atoms with E-state index in [1.165, 1.54) is 10.9 Å². The number of hydrogen-bond acceptors (Lipinski definition) is 4. The van der Waals surface area contributed by atoms with E-state index < -0.39 is 0 Å². The molecule has 2 aromatic heterocycles. The first kappa shape index (κ1) is 51.6. The van der Waals surface area contributed by atoms with Gasteiger partial charge >= 0.3 is 0 Å². The van der Waals surface area contributed by atoms with Gasteiger partial charge in [-0.3, -0.25) is 0 Å². The molecular weight excluding hydrogens is 1210 g/mol. The fourth-order valence-corrected chi connectivity index (χ4v) is 12.8. The molecule has 0 saturated heterocycles. The normalized spacial score (nSPS) is 12.3. The Labute approximate surface area is 509 Å². The number of nitrogens with zero attached hydrogens (tertiary/aromatic N) is 4. The van der Waals surface area contributed by atoms with Crippen LogP contribution >= 0.6 is 0 Å². The number of anilines is 4. The summed E-state index contributed by atoms with van der Waals surface area (Å²) in [5, 5.41) is 2.20. The van der Waals surface area contributed by atoms with Crippen molar-refractivity contribution in [1.29, 1.82) is 0 Å². The van der Waals surface area contributed by atoms with E-state index >= 15 is 0 Å². The number of para-hydroxylation sites is 3. The van der Waals surface area contributed by atoms with E-state index in [9.17, 15) is 0 Å². The molecule has 404 valence electrons. The molecule has 0 amide bonds. The van der Waals surface area contributed by atoms with Gasteiger partial charge in [0.15, 0.2) is 6.71 Å². The molecule has 4 heterocycles. The minimum Gasteiger partial charge on any atom is -0.509 e. The molecule has 0 spiro atoms. The molecule has 2 aliphatic rings. The third-order valence-corrected chi connectivity index (χ3v) is 16.6. The summed E-state index contributed by atoms with van der Waals surface area (Å²) < 4.78 is 9.10. The SMILES string of the molecule is [Pt].[c-]1c(Oc2[c-]c3c(cc2)c2ccccc2n3-c2ccccn2)ccc2c1N1[CH-]N(c3c(-c4cc(-c5ccccc5)cc(-c5ccccc5)c4)cccc3-c3cc(-c4ccccc4)cc(-c4ccccc4)c3)c3cccc(c31)B2c1ccccc1. The molecule has 5 nitrogen and oxygen atoms in total. The van der Waals surface area contributed by atoms with Gasteiger partial charge in [-0.05, 0) is 122 Å². The van der Waals surface area contributed by atoms with Crippen molar-refractivity contribution in [2.24, 2.45) is 0 Å². The number of aromatic nitrogens is 2. The van der Waals surface area contributed by atoms with E-state index in [0.717, 1.165) is 123 Å². The van der Waals surface area contributed by atoms with E-state index in [2.05, 4.69) is 300 Å². The zero-order valence-electron chi connectivity index (χ0n) is 46.0. The van der Waals surface area contributed by atoms with Gasteiger partial charge in [0.1, 0.15) is 5.82 Å². The Morgan fingerprint density at radius 3 is 1.46 bits per heavy atom. The molecule has 2 aliphatic heterocycles. The summed E-state index contributed by atoms with van der Waals surface area (Å²) in [6.45, 7) is 2.20. The molecule has 0 saturated carbocycles. The van der Waals surface area contributed by atoms with Crippen LogP contribution in [-0.2, 0) is 21.1 Å². The van der Waals surface area contributed by atoms with E-state index in [1.807, 2.05) is 30.5 Å². The second-order valence-corrected chi connectivity index (χ2v) is 21.5. The van der Waals surface area contributed by atoms with E-state index in [1.54, 1.807) is 0 Å². The van der Waals surface area contributed by atoms with E-state index in [0.29, 0.717) is 11.5 Å². The summed E-state index contributed by atoms with van der Waals surface area (Å²) in [6.07, 6.45) is 1.83. The number of hydrogen-bond donors (Lipinski definition) is 0. The van der Waals surface area contributed by atoms with Crippen molar-refractivity contribution in [2.75, 3.05) is 9.80 Å². The van der Waals surface area contributed by atoms with Crippen molar-refractivity contribution < 1.29 is 25.8 Å². The summed E-state index contributed by atoms with van der Waals surface area (Å²) in [6, 6.07) is 112. The van der Waals surface area contributed by atoms with Gasteiger partial charge in [0.05, 0.1) is 0 Å². The van der Waals surface area contributed by atoms with Crippen molar-refractivity contribution in [3.05, 3.63) is 316 Å². The largest absolute Gasteiger partial charge is 0.509 e. The van der Waals surface area contributed by atoms with Gasteiger partial charge < -0.3 is 19.1 Å². The molecule has 0 bridgehead atoms. The Morgan fingerprint density at radius 2 is 0.882 bits per heavy atom. The number of ether oxygens (including phenoxy) is 1. The average molecular weight is 1270 g/mol. The monoisotopic (exact) mass is 1260 g/mol. The number of benzene rings is 12. The van der Waals surface area contributed by atoms with Crippen LogP contribution in [0.1, 0.15) is 0 Å². The fourth-order valence-electron chi connectivity index (χ4n) is 12.8. The van der Waals surface area contributed by atoms with Crippen LogP contribution in [0.5, 0.6) is 11.5 Å². The number of pyridine rings is 1. The van der Waals surface area contributed by atoms with Crippen molar-refractivity contribution in [2.45, 2.75) is 0 Å². The third-order valence-electron chi connectivity index (χ3n) is 16.6. The smallest absolute Gasteiger partial charge is 0.180 e. The maximum atomic E-state index is 6.94. The Hall–Kier alpha value is -10.3. The van der Waals surface area contributed by atoms with E-state index in [4.69, 9.17) is 9.72 Å². The summed E-state index contributed by atoms with van der Waals surface area (Å²) in [5.41, 5.74) is 23.2. The third kappa shape index (κ3) is 9.23. The Balaban J connectivity index is 0.00000613. The van der Waals surface area contributed by atoms with Crippen LogP contribution < -0.4 is 30.9 Å². The van der Waals surface area contributed by atoms with Crippen molar-refractivity contribution in [3.8, 4) is 84.1 Å². The molecule has 0 unspecified atom stereocenters. The second kappa shape index (κ2) is 21.8. The molecule has 14 aromatic rings. The predicted octanol–water partition coefficient (Wildman–Crippen LogP) is 17.8. The predicted molar refractivity (Wildman–Crippen MR) is 348 cm³/mol. The van der Waals surface area contributed by atoms with Crippen LogP contribution in [0.3, 0.4) is 0 Å². The molecule has 0 fully saturated rings. The van der Waals surface area contributed by atoms with Gasteiger partial charge in [-0.1, -0.05) is 223 Å². The summed E-state index contributed by atoms with van der Waals surface area (Å²) in [5.74, 6) is 1.99. The molecule has 85 heavy (non-hydrogen) atoms. The number of fused-ring (bicyclic) bond motifs is 5. The van der Waals surface area contributed by atoms with Crippen LogP contribution in [0.25, 0.3) is 94.4 Å². The molecule has 0 N–H and O–H groups in total. The fraction of sp³-hybridized carbons (Fsp3) is 0. The maximum absolute atomic E-state index is 6.94. The topological polar surface area (TPSA) is 33.5 Å². The molecule has 12 aromatic carbocycles. The van der Waals surface area contributed by atoms with Crippen molar-refractivity contribution in [1.82, 2.24) is 9.55 Å². The quantitative estimate of drug-likeness (QED) is 0.0955. The minimum atomic E-state index is -0.0928. The molecule has 0 aliphatic carbocycles. The Kier molecular flexibility index (Phi) is 13.2. The van der Waals surface area contributed by atoms with E-state index in [-0.39, 0.29) is 27.8 Å². The molecule has 0 radical (unpaired) electrons. The molecule has 0 atom stereocenters. The van der Waals surface area contributed by atoms with Crippen LogP contribution in [0.2, 0.25) is 0 Å². The first-order chi connectivity index (χ1) is 41.6. The first-order valence-corrected chi connectivity index (χ1v) is 28.5. The summed E-state index contributed by atoms with van der Waals surface area (Å²) in [7, 11) is 0. The number of rotatable bonds is 11. The van der Waals surface area contributed by atoms with Gasteiger partial charge in [0.2, 0.25) is 0 Å². The zero-order valence-corrected chi connectivity index (χ0v) is 48.2. The van der Waals surface area contributed by atoms with Gasteiger partial charge in [-0.2, -0.15) is 12.1 Å².